The minimum Gasteiger partial charge on any atom is -0.495 e. The smallest absolute Gasteiger partial charge is 0.271 e. The molecule has 1 amide bonds. The van der Waals surface area contributed by atoms with E-state index < -0.39 is 4.92 Å². The molecule has 0 aliphatic carbocycles. The summed E-state index contributed by atoms with van der Waals surface area (Å²) in [4.78, 5) is 27.1. The Labute approximate surface area is 164 Å². The van der Waals surface area contributed by atoms with Crippen LogP contribution in [0.15, 0.2) is 59.9 Å². The molecule has 9 nitrogen and oxygen atoms in total. The normalized spacial score (nSPS) is 10.5. The zero-order valence-corrected chi connectivity index (χ0v) is 15.7. The van der Waals surface area contributed by atoms with Gasteiger partial charge in [0.2, 0.25) is 5.91 Å². The van der Waals surface area contributed by atoms with Gasteiger partial charge in [0.15, 0.2) is 5.16 Å². The summed E-state index contributed by atoms with van der Waals surface area (Å²) in [5.41, 5.74) is 1.70. The van der Waals surface area contributed by atoms with E-state index in [2.05, 4.69) is 10.3 Å². The van der Waals surface area contributed by atoms with E-state index in [-0.39, 0.29) is 23.0 Å². The number of hydrogen-bond donors (Lipinski definition) is 2. The van der Waals surface area contributed by atoms with E-state index >= 15 is 0 Å². The number of aromatic nitrogens is 2. The number of ether oxygens (including phenoxy) is 1. The Bertz CT molecular complexity index is 1010. The van der Waals surface area contributed by atoms with Crippen LogP contribution in [0.2, 0.25) is 0 Å². The Morgan fingerprint density at radius 3 is 2.75 bits per heavy atom. The van der Waals surface area contributed by atoms with Crippen molar-refractivity contribution in [2.24, 2.45) is 0 Å². The highest BCUT2D eigenvalue weighted by Crippen LogP contribution is 2.29. The van der Waals surface area contributed by atoms with E-state index in [0.29, 0.717) is 16.6 Å². The van der Waals surface area contributed by atoms with Crippen LogP contribution in [0.5, 0.6) is 5.75 Å². The van der Waals surface area contributed by atoms with Gasteiger partial charge in [-0.25, -0.2) is 9.66 Å². The zero-order valence-electron chi connectivity index (χ0n) is 14.9. The number of hydrogen-bond acceptors (Lipinski definition) is 7. The number of carbonyl (C=O) groups is 1. The number of methoxy groups -OCH3 is 1. The minimum atomic E-state index is -0.541. The fraction of sp³-hybridized carbons (Fsp3) is 0.111. The molecule has 0 atom stereocenters. The lowest BCUT2D eigenvalue weighted by atomic mass is 10.2. The average Bonchev–Trinajstić information content (AvgIpc) is 3.07. The van der Waals surface area contributed by atoms with Gasteiger partial charge >= 0.3 is 0 Å². The fourth-order valence-electron chi connectivity index (χ4n) is 2.46. The number of nitro benzene ring substituents is 1. The lowest BCUT2D eigenvalue weighted by Crippen LogP contribution is -2.16. The molecular formula is C18H17N5O4S. The highest BCUT2D eigenvalue weighted by Gasteiger charge is 2.15. The van der Waals surface area contributed by atoms with Crippen molar-refractivity contribution in [1.29, 1.82) is 0 Å². The van der Waals surface area contributed by atoms with Gasteiger partial charge in [0.1, 0.15) is 5.75 Å². The number of nitrogens with one attached hydrogen (secondary N) is 1. The predicted octanol–water partition coefficient (Wildman–Crippen LogP) is 2.91. The molecule has 0 aliphatic rings. The number of nitrogens with zero attached hydrogens (tertiary/aromatic N) is 3. The van der Waals surface area contributed by atoms with Gasteiger partial charge in [0.25, 0.3) is 5.69 Å². The summed E-state index contributed by atoms with van der Waals surface area (Å²) in [5, 5.41) is 14.0. The van der Waals surface area contributed by atoms with Crippen LogP contribution in [0, 0.1) is 10.1 Å². The van der Waals surface area contributed by atoms with Gasteiger partial charge < -0.3 is 15.9 Å². The van der Waals surface area contributed by atoms with Crippen molar-refractivity contribution in [3.05, 3.63) is 64.8 Å². The molecule has 0 spiro atoms. The van der Waals surface area contributed by atoms with Crippen molar-refractivity contribution >= 4 is 29.0 Å². The van der Waals surface area contributed by atoms with Crippen molar-refractivity contribution < 1.29 is 14.5 Å². The van der Waals surface area contributed by atoms with E-state index in [9.17, 15) is 14.9 Å². The van der Waals surface area contributed by atoms with Gasteiger partial charge in [0, 0.05) is 17.7 Å². The molecule has 0 fully saturated rings. The number of nitrogens with two attached hydrogens (primary N) is 1. The second kappa shape index (κ2) is 8.44. The van der Waals surface area contributed by atoms with E-state index in [1.54, 1.807) is 6.20 Å². The van der Waals surface area contributed by atoms with Crippen LogP contribution in [0.3, 0.4) is 0 Å². The van der Waals surface area contributed by atoms with Crippen molar-refractivity contribution in [2.45, 2.75) is 5.16 Å². The predicted molar refractivity (Wildman–Crippen MR) is 107 cm³/mol. The molecule has 10 heteroatoms. The third kappa shape index (κ3) is 4.41. The second-order valence-electron chi connectivity index (χ2n) is 5.66. The highest BCUT2D eigenvalue weighted by molar-refractivity contribution is 7.99. The molecule has 3 aromatic rings. The van der Waals surface area contributed by atoms with Crippen LogP contribution < -0.4 is 15.9 Å². The molecule has 0 saturated heterocycles. The van der Waals surface area contributed by atoms with Gasteiger partial charge in [-0.2, -0.15) is 0 Å². The Morgan fingerprint density at radius 2 is 2.07 bits per heavy atom. The first-order chi connectivity index (χ1) is 13.5. The standard InChI is InChI=1S/C18H17N5O4S/c1-27-16-8-7-13(23(25)26)9-14(16)20-17(24)11-28-18-21-15(10-22(18)19)12-5-3-2-4-6-12/h2-10H,11,19H2,1H3,(H,20,24). The summed E-state index contributed by atoms with van der Waals surface area (Å²) < 4.78 is 6.49. The Hall–Kier alpha value is -3.53. The lowest BCUT2D eigenvalue weighted by Gasteiger charge is -2.09. The van der Waals surface area contributed by atoms with Crippen molar-refractivity contribution in [1.82, 2.24) is 9.66 Å². The molecule has 0 saturated carbocycles. The highest BCUT2D eigenvalue weighted by atomic mass is 32.2. The largest absolute Gasteiger partial charge is 0.495 e. The van der Waals surface area contributed by atoms with Crippen LogP contribution in [-0.2, 0) is 4.79 Å². The van der Waals surface area contributed by atoms with E-state index in [1.807, 2.05) is 30.3 Å². The molecule has 1 heterocycles. The molecule has 2 aromatic carbocycles. The monoisotopic (exact) mass is 399 g/mol. The number of anilines is 1. The minimum absolute atomic E-state index is 0.0221. The first-order valence-electron chi connectivity index (χ1n) is 8.13. The number of carbonyl (C=O) groups excluding carboxylic acids is 1. The van der Waals surface area contributed by atoms with Crippen LogP contribution in [0.4, 0.5) is 11.4 Å². The quantitative estimate of drug-likeness (QED) is 0.271. The molecule has 0 radical (unpaired) electrons. The van der Waals surface area contributed by atoms with Crippen LogP contribution >= 0.6 is 11.8 Å². The molecule has 144 valence electrons. The topological polar surface area (TPSA) is 125 Å². The number of nitro groups is 1. The maximum absolute atomic E-state index is 12.3. The number of rotatable bonds is 7. The van der Waals surface area contributed by atoms with Crippen LogP contribution in [0.1, 0.15) is 0 Å². The first kappa shape index (κ1) is 19.2. The molecular weight excluding hydrogens is 382 g/mol. The van der Waals surface area contributed by atoms with E-state index in [0.717, 1.165) is 17.3 Å². The summed E-state index contributed by atoms with van der Waals surface area (Å²) in [5.74, 6) is 5.91. The van der Waals surface area contributed by atoms with Crippen molar-refractivity contribution in [3.8, 4) is 17.0 Å². The SMILES string of the molecule is COc1ccc([N+](=O)[O-])cc1NC(=O)CSc1nc(-c2ccccc2)cn1N. The molecule has 3 N–H and O–H groups in total. The van der Waals surface area contributed by atoms with Gasteiger partial charge in [0.05, 0.1) is 35.4 Å². The Kier molecular flexibility index (Phi) is 5.80. The van der Waals surface area contributed by atoms with Crippen LogP contribution in [-0.4, -0.2) is 33.4 Å². The summed E-state index contributed by atoms with van der Waals surface area (Å²) >= 11 is 1.15. The molecule has 0 unspecified atom stereocenters. The number of benzene rings is 2. The van der Waals surface area contributed by atoms with E-state index in [4.69, 9.17) is 10.6 Å². The summed E-state index contributed by atoms with van der Waals surface area (Å²) in [7, 11) is 1.42. The molecule has 0 aliphatic heterocycles. The molecule has 3 rings (SSSR count). The third-order valence-electron chi connectivity index (χ3n) is 3.77. The summed E-state index contributed by atoms with van der Waals surface area (Å²) in [6.45, 7) is 0. The number of nitrogen functional groups attached to an aromatic ring is 1. The first-order valence-corrected chi connectivity index (χ1v) is 9.11. The van der Waals surface area contributed by atoms with Gasteiger partial charge in [-0.15, -0.1) is 0 Å². The maximum atomic E-state index is 12.3. The number of imidazole rings is 1. The summed E-state index contributed by atoms with van der Waals surface area (Å²) in [6, 6.07) is 13.5. The lowest BCUT2D eigenvalue weighted by molar-refractivity contribution is -0.384. The third-order valence-corrected chi connectivity index (χ3v) is 4.74. The molecule has 0 bridgehead atoms. The van der Waals surface area contributed by atoms with Gasteiger partial charge in [-0.3, -0.25) is 14.9 Å². The summed E-state index contributed by atoms with van der Waals surface area (Å²) in [6.07, 6.45) is 1.68. The molecule has 28 heavy (non-hydrogen) atoms. The van der Waals surface area contributed by atoms with Gasteiger partial charge in [-0.1, -0.05) is 42.1 Å². The zero-order chi connectivity index (χ0) is 20.1. The maximum Gasteiger partial charge on any atom is 0.271 e. The van der Waals surface area contributed by atoms with Crippen molar-refractivity contribution in [2.75, 3.05) is 24.0 Å². The fourth-order valence-corrected chi connectivity index (χ4v) is 3.15. The Balaban J connectivity index is 1.68. The second-order valence-corrected chi connectivity index (χ2v) is 6.60. The van der Waals surface area contributed by atoms with Gasteiger partial charge in [-0.05, 0) is 6.07 Å². The Morgan fingerprint density at radius 1 is 1.32 bits per heavy atom. The number of thioether (sulfide) groups is 1. The van der Waals surface area contributed by atoms with E-state index in [1.165, 1.54) is 30.0 Å². The van der Waals surface area contributed by atoms with Crippen LogP contribution in [0.25, 0.3) is 11.3 Å². The van der Waals surface area contributed by atoms with Crippen molar-refractivity contribution in [3.63, 3.8) is 0 Å². The average molecular weight is 399 g/mol. The molecule has 1 aromatic heterocycles. The number of non-ortho nitro benzene ring substituents is 1. The number of amides is 1.